The third-order valence-electron chi connectivity index (χ3n) is 14.1. The van der Waals surface area contributed by atoms with Crippen LogP contribution < -0.4 is 0 Å². The van der Waals surface area contributed by atoms with Crippen LogP contribution in [0.2, 0.25) is 0 Å². The Kier molecular flexibility index (Phi) is 4.48. The van der Waals surface area contributed by atoms with E-state index in [1.807, 2.05) is 0 Å². The Labute approximate surface area is 205 Å². The first-order valence-corrected chi connectivity index (χ1v) is 14.1. The van der Waals surface area contributed by atoms with E-state index in [1.54, 1.807) is 0 Å². The van der Waals surface area contributed by atoms with Gasteiger partial charge in [-0.1, -0.05) is 48.5 Å². The summed E-state index contributed by atoms with van der Waals surface area (Å²) < 4.78 is 23.6. The van der Waals surface area contributed by atoms with Gasteiger partial charge in [-0.15, -0.1) is 0 Å². The quantitative estimate of drug-likeness (QED) is 0.359. The number of halogens is 1. The Morgan fingerprint density at radius 1 is 0.882 bits per heavy atom. The number of hydrogen-bond donors (Lipinski definition) is 0. The van der Waals surface area contributed by atoms with Crippen LogP contribution >= 0.6 is 0 Å². The number of esters is 1. The van der Waals surface area contributed by atoms with Gasteiger partial charge in [0, 0.05) is 23.2 Å². The number of rotatable bonds is 0. The Morgan fingerprint density at radius 2 is 1.59 bits per heavy atom. The van der Waals surface area contributed by atoms with E-state index in [2.05, 4.69) is 48.5 Å². The van der Waals surface area contributed by atoms with Gasteiger partial charge in [0.2, 0.25) is 0 Å². The maximum Gasteiger partial charge on any atom is 0.313 e. The lowest BCUT2D eigenvalue weighted by Gasteiger charge is -2.74. The van der Waals surface area contributed by atoms with Crippen molar-refractivity contribution in [3.05, 3.63) is 0 Å². The molecule has 11 atom stereocenters. The van der Waals surface area contributed by atoms with Crippen LogP contribution in [0.5, 0.6) is 0 Å². The molecule has 5 aliphatic carbocycles. The predicted molar refractivity (Wildman–Crippen MR) is 130 cm³/mol. The van der Waals surface area contributed by atoms with Crippen molar-refractivity contribution in [2.24, 2.45) is 56.7 Å². The highest BCUT2D eigenvalue weighted by Crippen LogP contribution is 2.81. The summed E-state index contributed by atoms with van der Waals surface area (Å²) in [5.74, 6) is 1.56. The average molecular weight is 473 g/mol. The third kappa shape index (κ3) is 2.20. The fourth-order valence-electron chi connectivity index (χ4n) is 11.9. The van der Waals surface area contributed by atoms with Crippen molar-refractivity contribution < 1.29 is 18.7 Å². The van der Waals surface area contributed by atoms with Gasteiger partial charge in [0.1, 0.15) is 12.0 Å². The molecule has 1 spiro atoms. The van der Waals surface area contributed by atoms with E-state index in [9.17, 15) is 9.59 Å². The molecule has 2 bridgehead atoms. The van der Waals surface area contributed by atoms with Crippen molar-refractivity contribution in [1.29, 1.82) is 0 Å². The van der Waals surface area contributed by atoms with Crippen LogP contribution in [0.1, 0.15) is 106 Å². The highest BCUT2D eigenvalue weighted by Gasteiger charge is 2.84. The van der Waals surface area contributed by atoms with Gasteiger partial charge in [-0.05, 0) is 85.9 Å². The molecule has 3 nitrogen and oxygen atoms in total. The molecule has 190 valence electrons. The van der Waals surface area contributed by atoms with E-state index < -0.39 is 17.2 Å². The van der Waals surface area contributed by atoms with E-state index in [1.165, 1.54) is 0 Å². The molecular formula is C30H45FO3. The smallest absolute Gasteiger partial charge is 0.313 e. The van der Waals surface area contributed by atoms with Crippen molar-refractivity contribution in [2.75, 3.05) is 0 Å². The average Bonchev–Trinajstić information content (AvgIpc) is 2.98. The summed E-state index contributed by atoms with van der Waals surface area (Å²) in [4.78, 5) is 26.6. The maximum absolute atomic E-state index is 17.1. The van der Waals surface area contributed by atoms with E-state index in [0.717, 1.165) is 44.9 Å². The number of ketones is 1. The molecule has 0 unspecified atom stereocenters. The molecule has 0 aromatic heterocycles. The van der Waals surface area contributed by atoms with Gasteiger partial charge >= 0.3 is 5.97 Å². The zero-order valence-corrected chi connectivity index (χ0v) is 22.4. The highest BCUT2D eigenvalue weighted by molar-refractivity contribution is 5.85. The van der Waals surface area contributed by atoms with Crippen molar-refractivity contribution in [3.8, 4) is 0 Å². The molecule has 0 N–H and O–H groups in total. The molecule has 6 rings (SSSR count). The van der Waals surface area contributed by atoms with Crippen LogP contribution in [-0.2, 0) is 14.3 Å². The van der Waals surface area contributed by atoms with E-state index in [4.69, 9.17) is 4.74 Å². The largest absolute Gasteiger partial charge is 0.455 e. The molecule has 34 heavy (non-hydrogen) atoms. The first-order valence-electron chi connectivity index (χ1n) is 14.1. The highest BCUT2D eigenvalue weighted by atomic mass is 19.1. The van der Waals surface area contributed by atoms with E-state index in [-0.39, 0.29) is 45.4 Å². The summed E-state index contributed by atoms with van der Waals surface area (Å²) in [6, 6.07) is 0. The molecule has 1 heterocycles. The van der Waals surface area contributed by atoms with Crippen LogP contribution in [0.15, 0.2) is 0 Å². The molecule has 0 aromatic carbocycles. The second kappa shape index (κ2) is 6.49. The number of ether oxygens (including phenoxy) is 1. The molecule has 0 amide bonds. The summed E-state index contributed by atoms with van der Waals surface area (Å²) in [7, 11) is 0. The first-order chi connectivity index (χ1) is 15.7. The molecule has 1 aliphatic heterocycles. The zero-order chi connectivity index (χ0) is 24.7. The lowest BCUT2D eigenvalue weighted by atomic mass is 9.30. The van der Waals surface area contributed by atoms with Crippen molar-refractivity contribution in [3.63, 3.8) is 0 Å². The first kappa shape index (κ1) is 23.5. The number of hydrogen-bond acceptors (Lipinski definition) is 3. The number of fused-ring (bicyclic) bond motifs is 4. The molecule has 5 saturated carbocycles. The molecular weight excluding hydrogens is 427 g/mol. The van der Waals surface area contributed by atoms with Crippen LogP contribution in [-0.4, -0.2) is 23.5 Å². The minimum atomic E-state index is -1.13. The Morgan fingerprint density at radius 3 is 2.29 bits per heavy atom. The van der Waals surface area contributed by atoms with Crippen molar-refractivity contribution in [1.82, 2.24) is 0 Å². The zero-order valence-electron chi connectivity index (χ0n) is 22.4. The van der Waals surface area contributed by atoms with Crippen molar-refractivity contribution >= 4 is 11.8 Å². The van der Waals surface area contributed by atoms with Gasteiger partial charge in [-0.3, -0.25) is 9.59 Å². The molecule has 6 aliphatic rings. The predicted octanol–water partition coefficient (Wildman–Crippen LogP) is 6.92. The second-order valence-corrected chi connectivity index (χ2v) is 14.9. The van der Waals surface area contributed by atoms with Gasteiger partial charge in [-0.25, -0.2) is 4.39 Å². The standard InChI is InChI=1S/C30H45FO3/c1-17-8-13-29-15-14-28(7)27(6)12-9-19-25(3,4)22(32)10-11-26(19,5)20(27)16-21(31)30(28,34-24(29)33)23(29)18(17)2/h17-21,23H,8-16H2,1-7H3/t17-,18+,19+,20-,21-,23-,26+,27-,28+,29+,30+/m1/s1. The van der Waals surface area contributed by atoms with Crippen LogP contribution in [0, 0.1) is 56.7 Å². The van der Waals surface area contributed by atoms with Gasteiger partial charge in [-0.2, -0.15) is 0 Å². The summed E-state index contributed by atoms with van der Waals surface area (Å²) >= 11 is 0. The number of carbonyl (C=O) groups is 2. The normalized spacial score (nSPS) is 59.9. The topological polar surface area (TPSA) is 43.4 Å². The van der Waals surface area contributed by atoms with Crippen LogP contribution in [0.25, 0.3) is 0 Å². The Bertz CT molecular complexity index is 959. The monoisotopic (exact) mass is 472 g/mol. The number of Topliss-reactive ketones (excluding diaryl/α,β-unsaturated/α-hetero) is 1. The van der Waals surface area contributed by atoms with Gasteiger partial charge in [0.05, 0.1) is 5.41 Å². The number of carbonyl (C=O) groups excluding carboxylic acids is 2. The van der Waals surface area contributed by atoms with Crippen molar-refractivity contribution in [2.45, 2.75) is 118 Å². The summed E-state index contributed by atoms with van der Waals surface area (Å²) in [5, 5.41) is 0. The van der Waals surface area contributed by atoms with Gasteiger partial charge < -0.3 is 4.74 Å². The number of alkyl halides is 1. The van der Waals surface area contributed by atoms with Gasteiger partial charge in [0.15, 0.2) is 5.60 Å². The molecule has 0 radical (unpaired) electrons. The van der Waals surface area contributed by atoms with Gasteiger partial charge in [0.25, 0.3) is 0 Å². The minimum absolute atomic E-state index is 0.0160. The lowest BCUT2D eigenvalue weighted by Crippen LogP contribution is -2.76. The Balaban J connectivity index is 1.51. The summed E-state index contributed by atoms with van der Waals surface area (Å²) in [6.45, 7) is 15.9. The fourth-order valence-corrected chi connectivity index (χ4v) is 11.9. The maximum atomic E-state index is 17.1. The van der Waals surface area contributed by atoms with Crippen LogP contribution in [0.3, 0.4) is 0 Å². The third-order valence-corrected chi connectivity index (χ3v) is 14.1. The minimum Gasteiger partial charge on any atom is -0.455 e. The lowest BCUT2D eigenvalue weighted by molar-refractivity contribution is -0.304. The fraction of sp³-hybridized carbons (Fsp3) is 0.933. The molecule has 4 heteroatoms. The molecule has 6 fully saturated rings. The summed E-state index contributed by atoms with van der Waals surface area (Å²) in [5.41, 5.74) is -2.35. The second-order valence-electron chi connectivity index (χ2n) is 14.9. The Hall–Kier alpha value is -0.930. The molecule has 0 aromatic rings. The van der Waals surface area contributed by atoms with E-state index >= 15 is 4.39 Å². The molecule has 1 saturated heterocycles. The summed E-state index contributed by atoms with van der Waals surface area (Å²) in [6.07, 6.45) is 6.48. The SMILES string of the molecule is C[C@H]1[C@H](C)CC[C@@]23CC[C@]4(C)[C@](OC2=O)([C@H](F)C[C@@H]2[C@@]5(C)CCC(=O)C(C)(C)[C@@H]5CC[C@]24C)[C@H]13. The van der Waals surface area contributed by atoms with Crippen LogP contribution in [0.4, 0.5) is 4.39 Å². The van der Waals surface area contributed by atoms with E-state index in [0.29, 0.717) is 30.5 Å².